The average Bonchev–Trinajstić information content (AvgIpc) is 2.34. The Morgan fingerprint density at radius 2 is 2.24 bits per heavy atom. The smallest absolute Gasteiger partial charge is 0.145 e. The van der Waals surface area contributed by atoms with Crippen molar-refractivity contribution in [1.82, 2.24) is 4.98 Å². The van der Waals surface area contributed by atoms with Crippen LogP contribution in [0, 0.1) is 18.3 Å². The van der Waals surface area contributed by atoms with Crippen LogP contribution in [0.5, 0.6) is 0 Å². The van der Waals surface area contributed by atoms with Gasteiger partial charge in [0.05, 0.1) is 0 Å². The van der Waals surface area contributed by atoms with E-state index in [-0.39, 0.29) is 0 Å². The number of aryl methyl sites for hydroxylation is 1. The van der Waals surface area contributed by atoms with Crippen molar-refractivity contribution >= 4 is 17.6 Å². The van der Waals surface area contributed by atoms with Gasteiger partial charge in [0.25, 0.3) is 0 Å². The largest absolute Gasteiger partial charge is 0.352 e. The van der Waals surface area contributed by atoms with E-state index in [0.29, 0.717) is 17.0 Å². The average molecular weight is 247 g/mol. The van der Waals surface area contributed by atoms with Gasteiger partial charge in [-0.15, -0.1) is 0 Å². The number of hydrogen-bond donors (Lipinski definition) is 0. The van der Waals surface area contributed by atoms with Gasteiger partial charge in [-0.05, 0) is 25.5 Å². The van der Waals surface area contributed by atoms with Crippen LogP contribution in [0.1, 0.15) is 25.1 Å². The second kappa shape index (κ2) is 4.97. The molecule has 90 valence electrons. The Labute approximate surface area is 107 Å². The zero-order chi connectivity index (χ0) is 12.4. The van der Waals surface area contributed by atoms with Crippen molar-refractivity contribution in [1.29, 1.82) is 5.26 Å². The highest BCUT2D eigenvalue weighted by Gasteiger charge is 2.26. The van der Waals surface area contributed by atoms with Gasteiger partial charge in [0.2, 0.25) is 0 Å². The van der Waals surface area contributed by atoms with Gasteiger partial charge in [0, 0.05) is 23.6 Å². The first-order chi connectivity index (χ1) is 8.13. The van der Waals surface area contributed by atoms with Crippen LogP contribution in [-0.2, 0) is 0 Å². The number of thioether (sulfide) groups is 1. The lowest BCUT2D eigenvalue weighted by atomic mass is 10.2. The van der Waals surface area contributed by atoms with E-state index in [2.05, 4.69) is 29.8 Å². The zero-order valence-electron chi connectivity index (χ0n) is 10.5. The van der Waals surface area contributed by atoms with Crippen LogP contribution in [0.15, 0.2) is 12.1 Å². The van der Waals surface area contributed by atoms with Gasteiger partial charge in [-0.25, -0.2) is 4.98 Å². The minimum absolute atomic E-state index is 0.468. The van der Waals surface area contributed by atoms with Gasteiger partial charge >= 0.3 is 0 Å². The fourth-order valence-electron chi connectivity index (χ4n) is 2.05. The molecule has 1 aromatic heterocycles. The van der Waals surface area contributed by atoms with Crippen LogP contribution in [0.4, 0.5) is 5.82 Å². The Morgan fingerprint density at radius 3 is 2.94 bits per heavy atom. The first-order valence-corrected chi connectivity index (χ1v) is 6.94. The molecule has 2 rings (SSSR count). The molecule has 2 heterocycles. The molecule has 1 fully saturated rings. The fourth-order valence-corrected chi connectivity index (χ4v) is 3.15. The molecule has 4 heteroatoms. The summed E-state index contributed by atoms with van der Waals surface area (Å²) >= 11 is 2.00. The van der Waals surface area contributed by atoms with E-state index in [9.17, 15) is 0 Å². The van der Waals surface area contributed by atoms with E-state index in [1.165, 1.54) is 0 Å². The lowest BCUT2D eigenvalue weighted by Crippen LogP contribution is -2.45. The van der Waals surface area contributed by atoms with Crippen molar-refractivity contribution in [2.24, 2.45) is 0 Å². The number of pyridine rings is 1. The molecule has 2 unspecified atom stereocenters. The summed E-state index contributed by atoms with van der Waals surface area (Å²) in [4.78, 5) is 6.76. The highest BCUT2D eigenvalue weighted by Crippen LogP contribution is 2.28. The third kappa shape index (κ3) is 2.39. The van der Waals surface area contributed by atoms with Gasteiger partial charge in [0.15, 0.2) is 0 Å². The number of nitrogens with zero attached hydrogens (tertiary/aromatic N) is 3. The molecule has 0 saturated carbocycles. The first-order valence-electron chi connectivity index (χ1n) is 5.89. The van der Waals surface area contributed by atoms with E-state index in [4.69, 9.17) is 5.26 Å². The Balaban J connectivity index is 2.31. The molecule has 1 aromatic rings. The maximum atomic E-state index is 9.02. The molecule has 0 spiro atoms. The van der Waals surface area contributed by atoms with E-state index in [1.54, 1.807) is 0 Å². The molecule has 0 bridgehead atoms. The molecule has 0 aromatic carbocycles. The number of nitriles is 1. The van der Waals surface area contributed by atoms with Crippen LogP contribution >= 0.6 is 11.8 Å². The maximum Gasteiger partial charge on any atom is 0.145 e. The lowest BCUT2D eigenvalue weighted by Gasteiger charge is -2.38. The maximum absolute atomic E-state index is 9.02. The molecule has 0 amide bonds. The lowest BCUT2D eigenvalue weighted by molar-refractivity contribution is 0.620. The van der Waals surface area contributed by atoms with Crippen molar-refractivity contribution in [3.63, 3.8) is 0 Å². The molecule has 1 aliphatic rings. The van der Waals surface area contributed by atoms with E-state index >= 15 is 0 Å². The Kier molecular flexibility index (Phi) is 3.58. The summed E-state index contributed by atoms with van der Waals surface area (Å²) < 4.78 is 0. The van der Waals surface area contributed by atoms with Crippen molar-refractivity contribution < 1.29 is 0 Å². The van der Waals surface area contributed by atoms with Crippen LogP contribution in [0.3, 0.4) is 0 Å². The van der Waals surface area contributed by atoms with Gasteiger partial charge < -0.3 is 4.90 Å². The monoisotopic (exact) mass is 247 g/mol. The molecule has 0 N–H and O–H groups in total. The van der Waals surface area contributed by atoms with Gasteiger partial charge in [-0.1, -0.05) is 13.0 Å². The number of rotatable bonds is 1. The summed E-state index contributed by atoms with van der Waals surface area (Å²) in [6, 6.07) is 6.64. The molecule has 2 atom stereocenters. The molecule has 1 aliphatic heterocycles. The second-order valence-electron chi connectivity index (χ2n) is 4.46. The fraction of sp³-hybridized carbons (Fsp3) is 0.538. The minimum Gasteiger partial charge on any atom is -0.352 e. The molecular weight excluding hydrogens is 230 g/mol. The van der Waals surface area contributed by atoms with E-state index < -0.39 is 0 Å². The van der Waals surface area contributed by atoms with E-state index in [1.807, 2.05) is 30.8 Å². The number of hydrogen-bond acceptors (Lipinski definition) is 4. The summed E-state index contributed by atoms with van der Waals surface area (Å²) in [5, 5.41) is 9.63. The van der Waals surface area contributed by atoms with Gasteiger partial charge in [-0.2, -0.15) is 17.0 Å². The van der Waals surface area contributed by atoms with Crippen LogP contribution < -0.4 is 4.90 Å². The van der Waals surface area contributed by atoms with Crippen molar-refractivity contribution in [3.05, 3.63) is 23.4 Å². The zero-order valence-corrected chi connectivity index (χ0v) is 11.3. The first kappa shape index (κ1) is 12.3. The molecule has 3 nitrogen and oxygen atoms in total. The normalized spacial score (nSPS) is 24.5. The third-order valence-electron chi connectivity index (χ3n) is 3.37. The predicted octanol–water partition coefficient (Wildman–Crippen LogP) is 2.59. The van der Waals surface area contributed by atoms with Crippen LogP contribution in [-0.4, -0.2) is 28.6 Å². The van der Waals surface area contributed by atoms with Gasteiger partial charge in [0.1, 0.15) is 17.6 Å². The van der Waals surface area contributed by atoms with Gasteiger partial charge in [-0.3, -0.25) is 0 Å². The molecule has 0 aliphatic carbocycles. The summed E-state index contributed by atoms with van der Waals surface area (Å²) in [5.74, 6) is 2.06. The summed E-state index contributed by atoms with van der Waals surface area (Å²) in [5.41, 5.74) is 1.49. The molecular formula is C13H17N3S. The topological polar surface area (TPSA) is 39.9 Å². The molecule has 17 heavy (non-hydrogen) atoms. The Bertz CT molecular complexity index is 452. The third-order valence-corrected chi connectivity index (χ3v) is 4.70. The van der Waals surface area contributed by atoms with Crippen LogP contribution in [0.2, 0.25) is 0 Å². The SMILES string of the molecule is Cc1ccc(N2CCSC(C)C2C)nc1C#N. The minimum atomic E-state index is 0.468. The van der Waals surface area contributed by atoms with Crippen molar-refractivity contribution in [2.75, 3.05) is 17.2 Å². The Hall–Kier alpha value is -1.21. The second-order valence-corrected chi connectivity index (χ2v) is 5.94. The summed E-state index contributed by atoms with van der Waals surface area (Å²) in [7, 11) is 0. The molecule has 0 radical (unpaired) electrons. The number of anilines is 1. The van der Waals surface area contributed by atoms with Crippen molar-refractivity contribution in [2.45, 2.75) is 32.1 Å². The predicted molar refractivity (Wildman–Crippen MR) is 72.4 cm³/mol. The molecule has 1 saturated heterocycles. The quantitative estimate of drug-likeness (QED) is 0.764. The van der Waals surface area contributed by atoms with Crippen molar-refractivity contribution in [3.8, 4) is 6.07 Å². The standard InChI is InChI=1S/C13H17N3S/c1-9-4-5-13(15-12(9)8-14)16-6-7-17-11(3)10(16)2/h4-5,10-11H,6-7H2,1-3H3. The summed E-state index contributed by atoms with van der Waals surface area (Å²) in [6.45, 7) is 7.41. The highest BCUT2D eigenvalue weighted by molar-refractivity contribution is 8.00. The Morgan fingerprint density at radius 1 is 1.47 bits per heavy atom. The highest BCUT2D eigenvalue weighted by atomic mass is 32.2. The van der Waals surface area contributed by atoms with Crippen LogP contribution in [0.25, 0.3) is 0 Å². The summed E-state index contributed by atoms with van der Waals surface area (Å²) in [6.07, 6.45) is 0. The number of aromatic nitrogens is 1. The van der Waals surface area contributed by atoms with E-state index in [0.717, 1.165) is 23.7 Å².